The zero-order valence-electron chi connectivity index (χ0n) is 15.5. The predicted octanol–water partition coefficient (Wildman–Crippen LogP) is 1.18. The molecule has 0 spiro atoms. The van der Waals surface area contributed by atoms with Crippen molar-refractivity contribution in [1.82, 2.24) is 15.5 Å². The molecule has 0 saturated carbocycles. The van der Waals surface area contributed by atoms with E-state index in [0.717, 1.165) is 45.8 Å². The van der Waals surface area contributed by atoms with Gasteiger partial charge in [-0.25, -0.2) is 0 Å². The third-order valence-electron chi connectivity index (χ3n) is 5.20. The number of carbonyl (C=O) groups is 1. The van der Waals surface area contributed by atoms with Crippen molar-refractivity contribution in [2.45, 2.75) is 19.5 Å². The quantitative estimate of drug-likeness (QED) is 0.740. The minimum Gasteiger partial charge on any atom is -0.384 e. The molecule has 0 aliphatic carbocycles. The van der Waals surface area contributed by atoms with E-state index in [4.69, 9.17) is 9.47 Å². The Morgan fingerprint density at radius 3 is 2.69 bits per heavy atom. The van der Waals surface area contributed by atoms with Crippen molar-refractivity contribution >= 4 is 18.3 Å². The number of nitrogens with zero attached hydrogens (tertiary/aromatic N) is 1. The maximum absolute atomic E-state index is 12.8. The summed E-state index contributed by atoms with van der Waals surface area (Å²) < 4.78 is 10.7. The lowest BCUT2D eigenvalue weighted by atomic mass is 9.87. The van der Waals surface area contributed by atoms with E-state index in [9.17, 15) is 4.79 Å². The van der Waals surface area contributed by atoms with Crippen LogP contribution >= 0.6 is 12.4 Å². The van der Waals surface area contributed by atoms with Crippen LogP contribution in [-0.2, 0) is 27.4 Å². The third kappa shape index (κ3) is 5.18. The van der Waals surface area contributed by atoms with Crippen LogP contribution in [0.5, 0.6) is 0 Å². The van der Waals surface area contributed by atoms with Crippen molar-refractivity contribution in [2.75, 3.05) is 53.1 Å². The van der Waals surface area contributed by atoms with Crippen LogP contribution < -0.4 is 10.6 Å². The lowest BCUT2D eigenvalue weighted by molar-refractivity contribution is -0.133. The summed E-state index contributed by atoms with van der Waals surface area (Å²) in [6, 6.07) is 8.35. The van der Waals surface area contributed by atoms with Gasteiger partial charge in [0.1, 0.15) is 0 Å². The second-order valence-electron chi connectivity index (χ2n) is 6.98. The second-order valence-corrected chi connectivity index (χ2v) is 6.98. The van der Waals surface area contributed by atoms with Gasteiger partial charge in [0, 0.05) is 39.8 Å². The molecule has 2 aliphatic heterocycles. The lowest BCUT2D eigenvalue weighted by Crippen LogP contribution is -2.45. The van der Waals surface area contributed by atoms with Crippen LogP contribution in [0.3, 0.4) is 0 Å². The molecule has 1 amide bonds. The normalized spacial score (nSPS) is 23.4. The first-order valence-corrected chi connectivity index (χ1v) is 9.08. The molecule has 3 rings (SSSR count). The van der Waals surface area contributed by atoms with Gasteiger partial charge in [0.05, 0.1) is 25.2 Å². The Morgan fingerprint density at radius 2 is 2.04 bits per heavy atom. The fourth-order valence-corrected chi connectivity index (χ4v) is 3.65. The predicted molar refractivity (Wildman–Crippen MR) is 103 cm³/mol. The standard InChI is InChI=1S/C19H29N3O3.ClH/c1-24-15-19(6-7-20-14-19)18(23)21-12-16-4-2-3-5-17(16)13-22-8-10-25-11-9-22;/h2-5,20H,6-15H2,1H3,(H,21,23);1H. The highest BCUT2D eigenvalue weighted by Crippen LogP contribution is 2.26. The first kappa shape index (κ1) is 21.1. The van der Waals surface area contributed by atoms with Crippen molar-refractivity contribution in [2.24, 2.45) is 5.41 Å². The highest BCUT2D eigenvalue weighted by molar-refractivity contribution is 5.85. The van der Waals surface area contributed by atoms with E-state index in [-0.39, 0.29) is 18.3 Å². The number of morpholine rings is 1. The number of carbonyl (C=O) groups excluding carboxylic acids is 1. The molecule has 0 radical (unpaired) electrons. The molecule has 146 valence electrons. The van der Waals surface area contributed by atoms with Gasteiger partial charge in [-0.15, -0.1) is 12.4 Å². The summed E-state index contributed by atoms with van der Waals surface area (Å²) in [7, 11) is 1.66. The average Bonchev–Trinajstić information content (AvgIpc) is 3.12. The van der Waals surface area contributed by atoms with Crippen LogP contribution in [0.4, 0.5) is 0 Å². The smallest absolute Gasteiger partial charge is 0.230 e. The molecule has 2 aliphatic rings. The molecule has 0 aromatic heterocycles. The van der Waals surface area contributed by atoms with E-state index < -0.39 is 5.41 Å². The minimum atomic E-state index is -0.437. The largest absolute Gasteiger partial charge is 0.384 e. The van der Waals surface area contributed by atoms with Crippen LogP contribution in [0.1, 0.15) is 17.5 Å². The number of halogens is 1. The molecule has 0 bridgehead atoms. The fourth-order valence-electron chi connectivity index (χ4n) is 3.65. The number of ether oxygens (including phenoxy) is 2. The summed E-state index contributed by atoms with van der Waals surface area (Å²) in [6.07, 6.45) is 0.822. The molecule has 2 fully saturated rings. The van der Waals surface area contributed by atoms with Crippen LogP contribution in [0, 0.1) is 5.41 Å². The number of rotatable bonds is 7. The average molecular weight is 384 g/mol. The Morgan fingerprint density at radius 1 is 1.31 bits per heavy atom. The van der Waals surface area contributed by atoms with Gasteiger partial charge < -0.3 is 20.1 Å². The molecule has 2 heterocycles. The fraction of sp³-hybridized carbons (Fsp3) is 0.632. The lowest BCUT2D eigenvalue weighted by Gasteiger charge is -2.28. The number of hydrogen-bond acceptors (Lipinski definition) is 5. The van der Waals surface area contributed by atoms with Gasteiger partial charge in [-0.1, -0.05) is 24.3 Å². The summed E-state index contributed by atoms with van der Waals surface area (Å²) in [5.74, 6) is 0.0838. The summed E-state index contributed by atoms with van der Waals surface area (Å²) >= 11 is 0. The third-order valence-corrected chi connectivity index (χ3v) is 5.20. The topological polar surface area (TPSA) is 62.8 Å². The first-order chi connectivity index (χ1) is 12.2. The van der Waals surface area contributed by atoms with Crippen molar-refractivity contribution in [3.63, 3.8) is 0 Å². The Labute approximate surface area is 162 Å². The molecule has 2 N–H and O–H groups in total. The molecule has 6 nitrogen and oxygen atoms in total. The molecule has 1 aromatic carbocycles. The summed E-state index contributed by atoms with van der Waals surface area (Å²) in [5.41, 5.74) is 2.02. The van der Waals surface area contributed by atoms with Gasteiger partial charge in [-0.05, 0) is 24.1 Å². The molecular weight excluding hydrogens is 354 g/mol. The highest BCUT2D eigenvalue weighted by atomic mass is 35.5. The van der Waals surface area contributed by atoms with Crippen LogP contribution in [0.25, 0.3) is 0 Å². The van der Waals surface area contributed by atoms with E-state index in [1.807, 2.05) is 6.07 Å². The van der Waals surface area contributed by atoms with Crippen molar-refractivity contribution in [1.29, 1.82) is 0 Å². The SMILES string of the molecule is COCC1(C(=O)NCc2ccccc2CN2CCOCC2)CCNC1.Cl. The van der Waals surface area contributed by atoms with Crippen LogP contribution in [0.15, 0.2) is 24.3 Å². The molecular formula is C19H30ClN3O3. The number of benzene rings is 1. The van der Waals surface area contributed by atoms with Crippen LogP contribution in [0.2, 0.25) is 0 Å². The maximum atomic E-state index is 12.8. The number of hydrogen-bond donors (Lipinski definition) is 2. The van der Waals surface area contributed by atoms with Gasteiger partial charge in [0.2, 0.25) is 5.91 Å². The van der Waals surface area contributed by atoms with Gasteiger partial charge in [-0.2, -0.15) is 0 Å². The van der Waals surface area contributed by atoms with Crippen molar-refractivity contribution in [3.8, 4) is 0 Å². The molecule has 7 heteroatoms. The number of methoxy groups -OCH3 is 1. The molecule has 1 unspecified atom stereocenters. The van der Waals surface area contributed by atoms with Crippen molar-refractivity contribution in [3.05, 3.63) is 35.4 Å². The number of amides is 1. The zero-order valence-corrected chi connectivity index (χ0v) is 16.3. The summed E-state index contributed by atoms with van der Waals surface area (Å²) in [6.45, 7) is 6.99. The Bertz CT molecular complexity index is 573. The van der Waals surface area contributed by atoms with Crippen molar-refractivity contribution < 1.29 is 14.3 Å². The van der Waals surface area contributed by atoms with E-state index in [0.29, 0.717) is 19.7 Å². The second kappa shape index (κ2) is 10.2. The van der Waals surface area contributed by atoms with E-state index in [1.54, 1.807) is 7.11 Å². The minimum absolute atomic E-state index is 0. The Kier molecular flexibility index (Phi) is 8.31. The maximum Gasteiger partial charge on any atom is 0.230 e. The van der Waals surface area contributed by atoms with E-state index in [1.165, 1.54) is 11.1 Å². The monoisotopic (exact) mass is 383 g/mol. The molecule has 2 saturated heterocycles. The van der Waals surface area contributed by atoms with Gasteiger partial charge in [-0.3, -0.25) is 9.69 Å². The summed E-state index contributed by atoms with van der Waals surface area (Å²) in [5, 5.41) is 6.43. The van der Waals surface area contributed by atoms with E-state index >= 15 is 0 Å². The van der Waals surface area contributed by atoms with Crippen LogP contribution in [-0.4, -0.2) is 63.9 Å². The highest BCUT2D eigenvalue weighted by Gasteiger charge is 2.41. The van der Waals surface area contributed by atoms with E-state index in [2.05, 4.69) is 33.7 Å². The Hall–Kier alpha value is -1.18. The number of nitrogens with one attached hydrogen (secondary N) is 2. The Balaban J connectivity index is 0.00000243. The first-order valence-electron chi connectivity index (χ1n) is 9.08. The molecule has 1 atom stereocenters. The van der Waals surface area contributed by atoms with Gasteiger partial charge >= 0.3 is 0 Å². The summed E-state index contributed by atoms with van der Waals surface area (Å²) in [4.78, 5) is 15.2. The zero-order chi connectivity index (χ0) is 17.5. The van der Waals surface area contributed by atoms with Gasteiger partial charge in [0.15, 0.2) is 0 Å². The van der Waals surface area contributed by atoms with Gasteiger partial charge in [0.25, 0.3) is 0 Å². The molecule has 1 aromatic rings. The molecule has 26 heavy (non-hydrogen) atoms.